The average Bonchev–Trinajstić information content (AvgIpc) is 2.79. The molecule has 3 heterocycles. The second-order valence-electron chi connectivity index (χ2n) is 8.20. The highest BCUT2D eigenvalue weighted by Crippen LogP contribution is 2.30. The molecule has 11 heteroatoms. The summed E-state index contributed by atoms with van der Waals surface area (Å²) in [7, 11) is -3.86. The Kier molecular flexibility index (Phi) is 6.30. The topological polar surface area (TPSA) is 69.6 Å². The Balaban J connectivity index is 1.39. The summed E-state index contributed by atoms with van der Waals surface area (Å²) in [6.45, 7) is 4.44. The molecular weight excluding hydrogens is 443 g/mol. The van der Waals surface area contributed by atoms with Crippen LogP contribution in [0, 0.1) is 0 Å². The molecule has 1 atom stereocenters. The van der Waals surface area contributed by atoms with E-state index < -0.39 is 21.8 Å². The smallest absolute Gasteiger partial charge is 0.352 e. The molecule has 0 aliphatic carbocycles. The maximum absolute atomic E-state index is 12.8. The number of sulfonamides is 1. The minimum Gasteiger partial charge on any atom is -0.352 e. The van der Waals surface area contributed by atoms with Crippen LogP contribution in [-0.2, 0) is 16.2 Å². The van der Waals surface area contributed by atoms with E-state index in [-0.39, 0.29) is 18.0 Å². The molecule has 2 aromatic rings. The summed E-state index contributed by atoms with van der Waals surface area (Å²) in [4.78, 5) is 4.09. The normalized spacial score (nSPS) is 21.1. The maximum Gasteiger partial charge on any atom is 0.416 e. The lowest BCUT2D eigenvalue weighted by Crippen LogP contribution is -2.49. The van der Waals surface area contributed by atoms with Gasteiger partial charge in [0.2, 0.25) is 10.0 Å². The molecule has 1 aromatic heterocycles. The number of hydrogen-bond donors (Lipinski definition) is 0. The second kappa shape index (κ2) is 8.86. The summed E-state index contributed by atoms with van der Waals surface area (Å²) in [5.41, 5.74) is -0.873. The predicted octanol–water partition coefficient (Wildman–Crippen LogP) is 3.39. The van der Waals surface area contributed by atoms with Gasteiger partial charge < -0.3 is 9.80 Å². The average molecular weight is 470 g/mol. The highest BCUT2D eigenvalue weighted by molar-refractivity contribution is 7.89. The van der Waals surface area contributed by atoms with Gasteiger partial charge in [-0.05, 0) is 62.6 Å². The Morgan fingerprint density at radius 2 is 1.50 bits per heavy atom. The fraction of sp³-hybridized carbons (Fsp3) is 0.524. The van der Waals surface area contributed by atoms with Crippen LogP contribution >= 0.6 is 0 Å². The molecule has 2 aliphatic rings. The molecular formula is C21H26F3N5O2S. The zero-order chi connectivity index (χ0) is 22.9. The van der Waals surface area contributed by atoms with Crippen molar-refractivity contribution in [2.24, 2.45) is 0 Å². The minimum absolute atomic E-state index is 0.140. The van der Waals surface area contributed by atoms with Gasteiger partial charge in [-0.15, -0.1) is 10.2 Å². The molecule has 0 bridgehead atoms. The van der Waals surface area contributed by atoms with Crippen LogP contribution in [0.1, 0.15) is 31.7 Å². The number of piperidine rings is 1. The molecule has 1 unspecified atom stereocenters. The second-order valence-corrected chi connectivity index (χ2v) is 10.1. The Morgan fingerprint density at radius 1 is 0.875 bits per heavy atom. The van der Waals surface area contributed by atoms with Gasteiger partial charge in [0.1, 0.15) is 0 Å². The van der Waals surface area contributed by atoms with E-state index in [1.54, 1.807) is 0 Å². The highest BCUT2D eigenvalue weighted by Gasteiger charge is 2.33. The molecule has 0 saturated carbocycles. The Hall–Kier alpha value is -2.40. The Bertz CT molecular complexity index is 1020. The van der Waals surface area contributed by atoms with Crippen LogP contribution in [0.2, 0.25) is 0 Å². The molecule has 7 nitrogen and oxygen atoms in total. The quantitative estimate of drug-likeness (QED) is 0.684. The number of piperazine rings is 1. The van der Waals surface area contributed by atoms with E-state index in [2.05, 4.69) is 22.0 Å². The molecule has 4 rings (SSSR count). The van der Waals surface area contributed by atoms with Crippen LogP contribution in [0.5, 0.6) is 0 Å². The van der Waals surface area contributed by atoms with E-state index in [0.717, 1.165) is 49.5 Å². The molecule has 2 aliphatic heterocycles. The fourth-order valence-corrected chi connectivity index (χ4v) is 5.62. The van der Waals surface area contributed by atoms with Crippen LogP contribution in [0.4, 0.5) is 24.8 Å². The molecule has 0 N–H and O–H groups in total. The predicted molar refractivity (Wildman–Crippen MR) is 115 cm³/mol. The first-order valence-electron chi connectivity index (χ1n) is 10.7. The Labute approximate surface area is 185 Å². The summed E-state index contributed by atoms with van der Waals surface area (Å²) in [6, 6.07) is 7.90. The van der Waals surface area contributed by atoms with Gasteiger partial charge in [0.25, 0.3) is 0 Å². The van der Waals surface area contributed by atoms with Crippen LogP contribution < -0.4 is 9.80 Å². The number of anilines is 2. The Morgan fingerprint density at radius 3 is 2.06 bits per heavy atom. The van der Waals surface area contributed by atoms with Gasteiger partial charge in [0, 0.05) is 38.8 Å². The SMILES string of the molecule is CC1CCCCN1c1ccc(N2CCN(S(=O)(=O)c3ccc(C(F)(F)F)cc3)CC2)nn1. The minimum atomic E-state index is -4.50. The van der Waals surface area contributed by atoms with Crippen molar-refractivity contribution in [3.63, 3.8) is 0 Å². The number of halogens is 3. The van der Waals surface area contributed by atoms with Crippen molar-refractivity contribution in [2.45, 2.75) is 43.3 Å². The lowest BCUT2D eigenvalue weighted by molar-refractivity contribution is -0.137. The molecule has 0 amide bonds. The van der Waals surface area contributed by atoms with Gasteiger partial charge in [0.05, 0.1) is 10.5 Å². The van der Waals surface area contributed by atoms with Gasteiger partial charge in [-0.1, -0.05) is 0 Å². The molecule has 2 saturated heterocycles. The zero-order valence-electron chi connectivity index (χ0n) is 17.8. The van der Waals surface area contributed by atoms with Crippen molar-refractivity contribution < 1.29 is 21.6 Å². The summed E-state index contributed by atoms with van der Waals surface area (Å²) in [5, 5.41) is 8.73. The number of hydrogen-bond acceptors (Lipinski definition) is 6. The van der Waals surface area contributed by atoms with Gasteiger partial charge in [-0.3, -0.25) is 0 Å². The van der Waals surface area contributed by atoms with Crippen molar-refractivity contribution >= 4 is 21.7 Å². The van der Waals surface area contributed by atoms with E-state index in [1.807, 2.05) is 17.0 Å². The molecule has 174 valence electrons. The first-order chi connectivity index (χ1) is 15.2. The molecule has 32 heavy (non-hydrogen) atoms. The number of nitrogens with zero attached hydrogens (tertiary/aromatic N) is 5. The van der Waals surface area contributed by atoms with Crippen molar-refractivity contribution in [2.75, 3.05) is 42.5 Å². The maximum atomic E-state index is 12.8. The molecule has 2 fully saturated rings. The lowest BCUT2D eigenvalue weighted by atomic mass is 10.0. The summed E-state index contributed by atoms with van der Waals surface area (Å²) >= 11 is 0. The molecule has 1 aromatic carbocycles. The molecule has 0 radical (unpaired) electrons. The van der Waals surface area contributed by atoms with Gasteiger partial charge >= 0.3 is 6.18 Å². The number of benzene rings is 1. The van der Waals surface area contributed by atoms with Gasteiger partial charge in [0.15, 0.2) is 11.6 Å². The third-order valence-corrected chi connectivity index (χ3v) is 8.03. The third-order valence-electron chi connectivity index (χ3n) is 6.12. The highest BCUT2D eigenvalue weighted by atomic mass is 32.2. The van der Waals surface area contributed by atoms with E-state index in [9.17, 15) is 21.6 Å². The van der Waals surface area contributed by atoms with E-state index >= 15 is 0 Å². The summed E-state index contributed by atoms with van der Waals surface area (Å²) < 4.78 is 65.2. The third kappa shape index (κ3) is 4.68. The number of aromatic nitrogens is 2. The van der Waals surface area contributed by atoms with E-state index in [1.165, 1.54) is 10.7 Å². The summed E-state index contributed by atoms with van der Waals surface area (Å²) in [6.07, 6.45) is -0.999. The lowest BCUT2D eigenvalue weighted by Gasteiger charge is -2.35. The molecule has 0 spiro atoms. The van der Waals surface area contributed by atoms with Gasteiger partial charge in [-0.25, -0.2) is 8.42 Å². The van der Waals surface area contributed by atoms with Gasteiger partial charge in [-0.2, -0.15) is 17.5 Å². The first-order valence-corrected chi connectivity index (χ1v) is 12.1. The zero-order valence-corrected chi connectivity index (χ0v) is 18.6. The van der Waals surface area contributed by atoms with Crippen molar-refractivity contribution in [3.8, 4) is 0 Å². The standard InChI is InChI=1S/C21H26F3N5O2S/c1-16-4-2-3-11-29(16)20-10-9-19(25-26-20)27-12-14-28(15-13-27)32(30,31)18-7-5-17(6-8-18)21(22,23)24/h5-10,16H,2-4,11-15H2,1H3. The van der Waals surface area contributed by atoms with Crippen LogP contribution in [0.15, 0.2) is 41.3 Å². The van der Waals surface area contributed by atoms with Crippen LogP contribution in [0.25, 0.3) is 0 Å². The summed E-state index contributed by atoms with van der Waals surface area (Å²) in [5.74, 6) is 1.54. The number of rotatable bonds is 4. The monoisotopic (exact) mass is 469 g/mol. The largest absolute Gasteiger partial charge is 0.416 e. The number of alkyl halides is 3. The first kappa shape index (κ1) is 22.8. The fourth-order valence-electron chi connectivity index (χ4n) is 4.20. The van der Waals surface area contributed by atoms with Crippen LogP contribution in [-0.4, -0.2) is 61.7 Å². The van der Waals surface area contributed by atoms with Crippen LogP contribution in [0.3, 0.4) is 0 Å². The van der Waals surface area contributed by atoms with Crippen molar-refractivity contribution in [1.82, 2.24) is 14.5 Å². The van der Waals surface area contributed by atoms with E-state index in [4.69, 9.17) is 0 Å². The van der Waals surface area contributed by atoms with Crippen molar-refractivity contribution in [3.05, 3.63) is 42.0 Å². The van der Waals surface area contributed by atoms with Crippen molar-refractivity contribution in [1.29, 1.82) is 0 Å². The van der Waals surface area contributed by atoms with E-state index in [0.29, 0.717) is 24.9 Å².